The molecular formula is C22H31FN2O2. The number of amides is 2. The normalized spacial score (nSPS) is 19.6. The highest BCUT2D eigenvalue weighted by molar-refractivity contribution is 5.82. The van der Waals surface area contributed by atoms with E-state index in [1.807, 2.05) is 4.90 Å². The molecule has 1 atom stereocenters. The predicted octanol–water partition coefficient (Wildman–Crippen LogP) is 4.07. The molecule has 3 rings (SSSR count). The second-order valence-electron chi connectivity index (χ2n) is 9.25. The molecule has 1 aromatic carbocycles. The van der Waals surface area contributed by atoms with E-state index in [0.29, 0.717) is 13.1 Å². The third-order valence-corrected chi connectivity index (χ3v) is 5.51. The van der Waals surface area contributed by atoms with Crippen molar-refractivity contribution in [2.45, 2.75) is 58.9 Å². The van der Waals surface area contributed by atoms with Crippen LogP contribution in [0.4, 0.5) is 4.39 Å². The molecule has 1 aliphatic carbocycles. The van der Waals surface area contributed by atoms with E-state index in [2.05, 4.69) is 26.1 Å². The number of nitrogens with one attached hydrogen (secondary N) is 1. The Morgan fingerprint density at radius 1 is 1.07 bits per heavy atom. The van der Waals surface area contributed by atoms with E-state index in [1.54, 1.807) is 12.1 Å². The lowest BCUT2D eigenvalue weighted by molar-refractivity contribution is -0.136. The van der Waals surface area contributed by atoms with E-state index in [1.165, 1.54) is 12.1 Å². The van der Waals surface area contributed by atoms with Crippen molar-refractivity contribution in [3.63, 3.8) is 0 Å². The molecule has 1 aromatic rings. The number of benzene rings is 1. The monoisotopic (exact) mass is 374 g/mol. The van der Waals surface area contributed by atoms with Crippen LogP contribution < -0.4 is 5.32 Å². The van der Waals surface area contributed by atoms with Gasteiger partial charge in [-0.2, -0.15) is 0 Å². The van der Waals surface area contributed by atoms with Gasteiger partial charge in [0.2, 0.25) is 11.8 Å². The van der Waals surface area contributed by atoms with Gasteiger partial charge in [0, 0.05) is 24.9 Å². The van der Waals surface area contributed by atoms with Crippen LogP contribution in [0.1, 0.15) is 64.5 Å². The molecule has 2 amide bonds. The predicted molar refractivity (Wildman–Crippen MR) is 103 cm³/mol. The largest absolute Gasteiger partial charge is 0.349 e. The van der Waals surface area contributed by atoms with Crippen LogP contribution in [-0.2, 0) is 9.59 Å². The Hall–Kier alpha value is -1.91. The summed E-state index contributed by atoms with van der Waals surface area (Å²) in [6.07, 6.45) is 4.26. The van der Waals surface area contributed by atoms with Crippen LogP contribution in [0.15, 0.2) is 24.3 Å². The van der Waals surface area contributed by atoms with E-state index in [9.17, 15) is 14.0 Å². The van der Waals surface area contributed by atoms with Gasteiger partial charge in [0.05, 0.1) is 6.04 Å². The number of carbonyl (C=O) groups is 2. The fourth-order valence-corrected chi connectivity index (χ4v) is 3.80. The smallest absolute Gasteiger partial charge is 0.225 e. The molecule has 5 heteroatoms. The van der Waals surface area contributed by atoms with Crippen LogP contribution >= 0.6 is 0 Å². The van der Waals surface area contributed by atoms with Crippen LogP contribution in [0, 0.1) is 23.1 Å². The van der Waals surface area contributed by atoms with Crippen molar-refractivity contribution in [2.75, 3.05) is 13.1 Å². The minimum absolute atomic E-state index is 0.0341. The lowest BCUT2D eigenvalue weighted by Crippen LogP contribution is -2.44. The summed E-state index contributed by atoms with van der Waals surface area (Å²) in [5.74, 6) is 0.228. The van der Waals surface area contributed by atoms with Gasteiger partial charge in [0.25, 0.3) is 0 Å². The highest BCUT2D eigenvalue weighted by atomic mass is 19.1. The Bertz CT molecular complexity index is 669. The zero-order chi connectivity index (χ0) is 19.6. The highest BCUT2D eigenvalue weighted by Gasteiger charge is 2.36. The number of rotatable bonds is 5. The molecule has 1 N–H and O–H groups in total. The third-order valence-electron chi connectivity index (χ3n) is 5.51. The van der Waals surface area contributed by atoms with E-state index in [4.69, 9.17) is 0 Å². The fraction of sp³-hybridized carbons (Fsp3) is 0.636. The number of hydrogen-bond acceptors (Lipinski definition) is 2. The second-order valence-corrected chi connectivity index (χ2v) is 9.25. The maximum Gasteiger partial charge on any atom is 0.225 e. The number of carbonyl (C=O) groups excluding carboxylic acids is 2. The van der Waals surface area contributed by atoms with Gasteiger partial charge < -0.3 is 10.2 Å². The van der Waals surface area contributed by atoms with Crippen LogP contribution in [0.2, 0.25) is 0 Å². The molecule has 1 aliphatic heterocycles. The third kappa shape index (κ3) is 5.53. The minimum Gasteiger partial charge on any atom is -0.349 e. The van der Waals surface area contributed by atoms with Gasteiger partial charge >= 0.3 is 0 Å². The Balaban J connectivity index is 1.60. The van der Waals surface area contributed by atoms with E-state index in [-0.39, 0.29) is 40.9 Å². The molecule has 4 nitrogen and oxygen atoms in total. The SMILES string of the molecule is CC(C)(C)C[C@H](NC(=O)C1CCN(C(=O)C2CC2)CC1)c1ccc(F)cc1. The number of piperidine rings is 1. The van der Waals surface area contributed by atoms with Gasteiger partial charge in [-0.3, -0.25) is 9.59 Å². The summed E-state index contributed by atoms with van der Waals surface area (Å²) in [6, 6.07) is 6.26. The first-order chi connectivity index (χ1) is 12.7. The summed E-state index contributed by atoms with van der Waals surface area (Å²) in [4.78, 5) is 27.0. The molecule has 1 saturated carbocycles. The summed E-state index contributed by atoms with van der Waals surface area (Å²) >= 11 is 0. The van der Waals surface area contributed by atoms with Gasteiger partial charge in [-0.05, 0) is 55.2 Å². The molecule has 0 radical (unpaired) electrons. The first kappa shape index (κ1) is 19.8. The first-order valence-electron chi connectivity index (χ1n) is 10.1. The van der Waals surface area contributed by atoms with Crippen molar-refractivity contribution < 1.29 is 14.0 Å². The molecule has 1 saturated heterocycles. The number of halogens is 1. The summed E-state index contributed by atoms with van der Waals surface area (Å²) in [5, 5.41) is 3.19. The summed E-state index contributed by atoms with van der Waals surface area (Å²) in [7, 11) is 0. The Labute approximate surface area is 161 Å². The number of nitrogens with zero attached hydrogens (tertiary/aromatic N) is 1. The molecule has 0 unspecified atom stereocenters. The molecule has 2 aliphatic rings. The van der Waals surface area contributed by atoms with Gasteiger partial charge in [0.15, 0.2) is 0 Å². The van der Waals surface area contributed by atoms with E-state index in [0.717, 1.165) is 37.7 Å². The standard InChI is InChI=1S/C22H31FN2O2/c1-22(2,3)14-19(15-6-8-18(23)9-7-15)24-20(26)16-10-12-25(13-11-16)21(27)17-4-5-17/h6-9,16-17,19H,4-5,10-14H2,1-3H3,(H,24,26)/t19-/m0/s1. The zero-order valence-electron chi connectivity index (χ0n) is 16.6. The summed E-state index contributed by atoms with van der Waals surface area (Å²) in [5.41, 5.74) is 0.966. The Kier molecular flexibility index (Phi) is 5.87. The van der Waals surface area contributed by atoms with Crippen molar-refractivity contribution in [1.82, 2.24) is 10.2 Å². The van der Waals surface area contributed by atoms with Crippen molar-refractivity contribution in [3.8, 4) is 0 Å². The topological polar surface area (TPSA) is 49.4 Å². The van der Waals surface area contributed by atoms with Gasteiger partial charge in [0.1, 0.15) is 5.82 Å². The van der Waals surface area contributed by atoms with E-state index < -0.39 is 0 Å². The van der Waals surface area contributed by atoms with Crippen LogP contribution in [0.25, 0.3) is 0 Å². The number of likely N-dealkylation sites (tertiary alicyclic amines) is 1. The molecule has 0 aromatic heterocycles. The quantitative estimate of drug-likeness (QED) is 0.845. The van der Waals surface area contributed by atoms with Crippen LogP contribution in [0.5, 0.6) is 0 Å². The molecule has 0 spiro atoms. The van der Waals surface area contributed by atoms with Gasteiger partial charge in [-0.25, -0.2) is 4.39 Å². The second kappa shape index (κ2) is 7.99. The molecule has 2 fully saturated rings. The molecule has 1 heterocycles. The molecule has 27 heavy (non-hydrogen) atoms. The highest BCUT2D eigenvalue weighted by Crippen LogP contribution is 2.33. The lowest BCUT2D eigenvalue weighted by atomic mass is 9.85. The van der Waals surface area contributed by atoms with Gasteiger partial charge in [-0.1, -0.05) is 32.9 Å². The van der Waals surface area contributed by atoms with Crippen molar-refractivity contribution in [2.24, 2.45) is 17.3 Å². The minimum atomic E-state index is -0.271. The average molecular weight is 375 g/mol. The zero-order valence-corrected chi connectivity index (χ0v) is 16.6. The first-order valence-corrected chi connectivity index (χ1v) is 10.1. The summed E-state index contributed by atoms with van der Waals surface area (Å²) < 4.78 is 13.3. The van der Waals surface area contributed by atoms with Crippen LogP contribution in [-0.4, -0.2) is 29.8 Å². The average Bonchev–Trinajstić information content (AvgIpc) is 3.45. The van der Waals surface area contributed by atoms with Crippen LogP contribution in [0.3, 0.4) is 0 Å². The van der Waals surface area contributed by atoms with Crippen molar-refractivity contribution >= 4 is 11.8 Å². The maximum absolute atomic E-state index is 13.3. The van der Waals surface area contributed by atoms with Gasteiger partial charge in [-0.15, -0.1) is 0 Å². The Morgan fingerprint density at radius 3 is 2.19 bits per heavy atom. The lowest BCUT2D eigenvalue weighted by Gasteiger charge is -2.33. The Morgan fingerprint density at radius 2 is 1.67 bits per heavy atom. The summed E-state index contributed by atoms with van der Waals surface area (Å²) in [6.45, 7) is 7.76. The number of hydrogen-bond donors (Lipinski definition) is 1. The van der Waals surface area contributed by atoms with Crippen molar-refractivity contribution in [3.05, 3.63) is 35.6 Å². The molecular weight excluding hydrogens is 343 g/mol. The fourth-order valence-electron chi connectivity index (χ4n) is 3.80. The molecule has 0 bridgehead atoms. The van der Waals surface area contributed by atoms with Crippen molar-refractivity contribution in [1.29, 1.82) is 0 Å². The molecule has 148 valence electrons. The maximum atomic E-state index is 13.3. The van der Waals surface area contributed by atoms with E-state index >= 15 is 0 Å².